The molecule has 1 aliphatic heterocycles. The topological polar surface area (TPSA) is 175 Å². The Morgan fingerprint density at radius 3 is 1.49 bits per heavy atom. The first kappa shape index (κ1) is 61.7. The van der Waals surface area contributed by atoms with Gasteiger partial charge in [0.25, 0.3) is 0 Å². The average molecular weight is 947 g/mol. The molecule has 0 bridgehead atoms. The number of hydrogen-bond donors (Lipinski definition) is 3. The summed E-state index contributed by atoms with van der Waals surface area (Å²) in [5.41, 5.74) is 0. The lowest BCUT2D eigenvalue weighted by Gasteiger charge is -2.40. The molecule has 12 heteroatoms. The van der Waals surface area contributed by atoms with E-state index in [0.717, 1.165) is 116 Å². The summed E-state index contributed by atoms with van der Waals surface area (Å²) in [5.74, 6) is -3.15. The van der Waals surface area contributed by atoms with Crippen LogP contribution in [-0.4, -0.2) is 89.2 Å². The third-order valence-corrected chi connectivity index (χ3v) is 11.9. The number of carbonyl (C=O) groups is 4. The molecule has 1 fully saturated rings. The average Bonchev–Trinajstić information content (AvgIpc) is 3.31. The van der Waals surface area contributed by atoms with E-state index in [1.807, 2.05) is 0 Å². The number of rotatable bonds is 44. The van der Waals surface area contributed by atoms with Gasteiger partial charge < -0.3 is 39.0 Å². The van der Waals surface area contributed by atoms with Gasteiger partial charge >= 0.3 is 23.9 Å². The van der Waals surface area contributed by atoms with Crippen LogP contribution in [0.5, 0.6) is 0 Å². The Kier molecular flexibility index (Phi) is 40.4. The van der Waals surface area contributed by atoms with Crippen LogP contribution in [0.2, 0.25) is 0 Å². The molecule has 1 rings (SSSR count). The zero-order chi connectivity index (χ0) is 49.0. The summed E-state index contributed by atoms with van der Waals surface area (Å²) in [6.45, 7) is 5.78. The minimum atomic E-state index is -1.90. The fourth-order valence-electron chi connectivity index (χ4n) is 7.77. The number of carboxylic acid groups (broad SMARTS) is 1. The van der Waals surface area contributed by atoms with Crippen molar-refractivity contribution in [3.05, 3.63) is 48.6 Å². The van der Waals surface area contributed by atoms with Crippen LogP contribution in [0, 0.1) is 0 Å². The number of carbonyl (C=O) groups excluding carboxylic acids is 3. The van der Waals surface area contributed by atoms with Crippen LogP contribution in [0.4, 0.5) is 0 Å². The van der Waals surface area contributed by atoms with E-state index in [4.69, 9.17) is 23.7 Å². The van der Waals surface area contributed by atoms with Gasteiger partial charge in [0.15, 0.2) is 24.6 Å². The van der Waals surface area contributed by atoms with E-state index >= 15 is 0 Å². The third kappa shape index (κ3) is 34.6. The van der Waals surface area contributed by atoms with Gasteiger partial charge in [0.2, 0.25) is 0 Å². The van der Waals surface area contributed by atoms with Crippen molar-refractivity contribution >= 4 is 23.9 Å². The van der Waals surface area contributed by atoms with Crippen LogP contribution in [0.25, 0.3) is 0 Å². The van der Waals surface area contributed by atoms with Crippen LogP contribution in [-0.2, 0) is 42.9 Å². The van der Waals surface area contributed by atoms with Crippen molar-refractivity contribution in [3.8, 4) is 0 Å². The molecule has 1 aliphatic rings. The van der Waals surface area contributed by atoms with Gasteiger partial charge in [-0.05, 0) is 70.6 Å². The highest BCUT2D eigenvalue weighted by atomic mass is 16.7. The van der Waals surface area contributed by atoms with Crippen molar-refractivity contribution in [2.75, 3.05) is 13.2 Å². The standard InChI is InChI=1S/C55H94O12/c1-4-7-10-13-16-19-22-23-24-25-28-29-32-35-38-41-47(56)63-44-46(65-48(57)42-39-36-33-30-26-20-17-14-11-8-5-2)45-64-55-53(51(60)50(59)52(67-55)54(61)62)66-49(58)43-40-37-34-31-27-21-18-15-12-9-6-3/h7,10,14,16-17,19,23-24,46,50-53,55,59-60H,4-6,8-9,11-13,15,18,20-22,25-45H2,1-3H3,(H,61,62)/b10-7-,17-14-,19-16-,24-23-. The van der Waals surface area contributed by atoms with Gasteiger partial charge in [-0.15, -0.1) is 0 Å². The van der Waals surface area contributed by atoms with Crippen LogP contribution in [0.1, 0.15) is 226 Å². The largest absolute Gasteiger partial charge is 0.479 e. The van der Waals surface area contributed by atoms with E-state index in [9.17, 15) is 34.5 Å². The normalized spacial score (nSPS) is 19.2. The Balaban J connectivity index is 2.73. The summed E-state index contributed by atoms with van der Waals surface area (Å²) in [5, 5.41) is 31.3. The predicted molar refractivity (Wildman–Crippen MR) is 266 cm³/mol. The maximum atomic E-state index is 13.0. The Morgan fingerprint density at radius 1 is 0.507 bits per heavy atom. The van der Waals surface area contributed by atoms with Gasteiger partial charge in [-0.2, -0.15) is 0 Å². The Bertz CT molecular complexity index is 1360. The zero-order valence-electron chi connectivity index (χ0n) is 42.1. The van der Waals surface area contributed by atoms with Crippen molar-refractivity contribution in [3.63, 3.8) is 0 Å². The quantitative estimate of drug-likeness (QED) is 0.0228. The molecule has 0 aromatic heterocycles. The fourth-order valence-corrected chi connectivity index (χ4v) is 7.77. The monoisotopic (exact) mass is 947 g/mol. The SMILES string of the molecule is CC/C=C\C/C=C\C/C=C\CCCCCCCC(=O)OCC(COC1OC(C(=O)O)C(O)C(O)C1OC(=O)CCCCCCCCCCCCC)OC(=O)CCCCCCC/C=C\CCCC. The molecular formula is C55H94O12. The molecular weight excluding hydrogens is 853 g/mol. The van der Waals surface area contributed by atoms with Crippen LogP contribution in [0.15, 0.2) is 48.6 Å². The maximum absolute atomic E-state index is 13.0. The first-order valence-electron chi connectivity index (χ1n) is 26.6. The van der Waals surface area contributed by atoms with Crippen molar-refractivity contribution in [2.45, 2.75) is 263 Å². The van der Waals surface area contributed by atoms with E-state index in [0.29, 0.717) is 19.3 Å². The summed E-state index contributed by atoms with van der Waals surface area (Å²) in [6.07, 6.45) is 38.2. The molecule has 0 amide bonds. The smallest absolute Gasteiger partial charge is 0.335 e. The van der Waals surface area contributed by atoms with Crippen molar-refractivity contribution < 1.29 is 58.2 Å². The number of ether oxygens (including phenoxy) is 5. The number of aliphatic carboxylic acids is 1. The highest BCUT2D eigenvalue weighted by Crippen LogP contribution is 2.26. The molecule has 1 saturated heterocycles. The highest BCUT2D eigenvalue weighted by molar-refractivity contribution is 5.74. The molecule has 0 spiro atoms. The van der Waals surface area contributed by atoms with E-state index in [-0.39, 0.29) is 25.9 Å². The van der Waals surface area contributed by atoms with Gasteiger partial charge in [-0.1, -0.05) is 185 Å². The Labute approximate surface area is 405 Å². The molecule has 6 unspecified atom stereocenters. The molecule has 0 saturated carbocycles. The second-order valence-corrected chi connectivity index (χ2v) is 18.1. The van der Waals surface area contributed by atoms with Crippen molar-refractivity contribution in [1.29, 1.82) is 0 Å². The van der Waals surface area contributed by atoms with Gasteiger partial charge in [-0.3, -0.25) is 14.4 Å². The Morgan fingerprint density at radius 2 is 0.955 bits per heavy atom. The summed E-state index contributed by atoms with van der Waals surface area (Å²) >= 11 is 0. The lowest BCUT2D eigenvalue weighted by atomic mass is 9.98. The molecule has 0 aromatic carbocycles. The lowest BCUT2D eigenvalue weighted by Crippen LogP contribution is -2.61. The second kappa shape index (κ2) is 43.9. The van der Waals surface area contributed by atoms with E-state index in [2.05, 4.69) is 69.4 Å². The van der Waals surface area contributed by atoms with Crippen LogP contribution in [0.3, 0.4) is 0 Å². The first-order chi connectivity index (χ1) is 32.6. The highest BCUT2D eigenvalue weighted by Gasteiger charge is 2.50. The van der Waals surface area contributed by atoms with E-state index < -0.39 is 67.3 Å². The van der Waals surface area contributed by atoms with Crippen molar-refractivity contribution in [1.82, 2.24) is 0 Å². The third-order valence-electron chi connectivity index (χ3n) is 11.9. The predicted octanol–water partition coefficient (Wildman–Crippen LogP) is 12.7. The molecule has 6 atom stereocenters. The molecule has 0 aromatic rings. The molecule has 67 heavy (non-hydrogen) atoms. The van der Waals surface area contributed by atoms with Gasteiger partial charge in [-0.25, -0.2) is 4.79 Å². The molecule has 0 radical (unpaired) electrons. The molecule has 386 valence electrons. The summed E-state index contributed by atoms with van der Waals surface area (Å²) < 4.78 is 28.3. The van der Waals surface area contributed by atoms with Gasteiger partial charge in [0.05, 0.1) is 6.61 Å². The second-order valence-electron chi connectivity index (χ2n) is 18.1. The molecule has 12 nitrogen and oxygen atoms in total. The van der Waals surface area contributed by atoms with Gasteiger partial charge in [0, 0.05) is 19.3 Å². The number of allylic oxidation sites excluding steroid dienone is 8. The fraction of sp³-hybridized carbons (Fsp3) is 0.782. The molecule has 3 N–H and O–H groups in total. The number of aliphatic hydroxyl groups is 2. The number of aliphatic hydroxyl groups excluding tert-OH is 2. The maximum Gasteiger partial charge on any atom is 0.335 e. The van der Waals surface area contributed by atoms with Crippen molar-refractivity contribution in [2.24, 2.45) is 0 Å². The van der Waals surface area contributed by atoms with Gasteiger partial charge in [0.1, 0.15) is 18.8 Å². The first-order valence-corrected chi connectivity index (χ1v) is 26.6. The summed E-state index contributed by atoms with van der Waals surface area (Å²) in [4.78, 5) is 50.8. The molecule has 0 aliphatic carbocycles. The zero-order valence-corrected chi connectivity index (χ0v) is 42.1. The summed E-state index contributed by atoms with van der Waals surface area (Å²) in [7, 11) is 0. The minimum Gasteiger partial charge on any atom is -0.479 e. The number of hydrogen-bond acceptors (Lipinski definition) is 11. The number of carboxylic acids is 1. The Hall–Kier alpha value is -3.32. The minimum absolute atomic E-state index is 0.0604. The van der Waals surface area contributed by atoms with E-state index in [1.54, 1.807) is 0 Å². The van der Waals surface area contributed by atoms with Crippen LogP contribution >= 0.6 is 0 Å². The summed E-state index contributed by atoms with van der Waals surface area (Å²) in [6, 6.07) is 0. The lowest BCUT2D eigenvalue weighted by molar-refractivity contribution is -0.301. The molecule has 1 heterocycles. The van der Waals surface area contributed by atoms with Crippen LogP contribution < -0.4 is 0 Å². The number of esters is 3. The van der Waals surface area contributed by atoms with E-state index in [1.165, 1.54) is 51.4 Å². The number of unbranched alkanes of at least 4 members (excludes halogenated alkanes) is 22.